The molecule has 0 unspecified atom stereocenters. The number of aliphatic hydroxyl groups is 2. The largest absolute Gasteiger partial charge is 0.493 e. The second kappa shape index (κ2) is 11.8. The van der Waals surface area contributed by atoms with Crippen molar-refractivity contribution in [2.24, 2.45) is 5.92 Å². The minimum atomic E-state index is -1.18. The fourth-order valence-electron chi connectivity index (χ4n) is 5.81. The number of aromatic amines is 1. The van der Waals surface area contributed by atoms with Gasteiger partial charge in [0.25, 0.3) is 0 Å². The molecule has 41 heavy (non-hydrogen) atoms. The Kier molecular flexibility index (Phi) is 8.14. The van der Waals surface area contributed by atoms with Crippen LogP contribution >= 0.6 is 0 Å². The molecule has 0 spiro atoms. The van der Waals surface area contributed by atoms with E-state index >= 15 is 0 Å². The molecule has 10 nitrogen and oxygen atoms in total. The normalized spacial score (nSPS) is 21.1. The van der Waals surface area contributed by atoms with Crippen molar-refractivity contribution in [3.05, 3.63) is 70.9 Å². The minimum Gasteiger partial charge on any atom is -0.493 e. The zero-order valence-corrected chi connectivity index (χ0v) is 23.3. The van der Waals surface area contributed by atoms with E-state index in [1.807, 2.05) is 30.3 Å². The summed E-state index contributed by atoms with van der Waals surface area (Å²) in [5, 5.41) is 24.8. The molecule has 3 aromatic rings. The summed E-state index contributed by atoms with van der Waals surface area (Å²) in [4.78, 5) is 43.7. The summed E-state index contributed by atoms with van der Waals surface area (Å²) >= 11 is 0. The number of amides is 2. The van der Waals surface area contributed by atoms with Gasteiger partial charge in [-0.05, 0) is 35.7 Å². The van der Waals surface area contributed by atoms with Crippen molar-refractivity contribution in [2.45, 2.75) is 44.4 Å². The summed E-state index contributed by atoms with van der Waals surface area (Å²) in [6, 6.07) is 12.3. The highest BCUT2D eigenvalue weighted by Crippen LogP contribution is 2.51. The fraction of sp³-hybridized carbons (Fsp3) is 0.387. The molecular weight excluding hydrogens is 526 g/mol. The lowest BCUT2D eigenvalue weighted by Gasteiger charge is -2.41. The third-order valence-electron chi connectivity index (χ3n) is 7.76. The fourth-order valence-corrected chi connectivity index (χ4v) is 5.81. The summed E-state index contributed by atoms with van der Waals surface area (Å²) in [5.41, 5.74) is 3.10. The first-order valence-electron chi connectivity index (χ1n) is 13.8. The SMILES string of the molecule is COc1cc(C=O)cc2c1O[C@@H]1[C@@H](O)[C@H](N(CCc3cc4ccccc4[nH]3)C(=O)C(C)C)C=C(C(=O)NCCO)[C@H]21. The van der Waals surface area contributed by atoms with Crippen LogP contribution in [0.1, 0.15) is 41.4 Å². The van der Waals surface area contributed by atoms with Gasteiger partial charge in [0.2, 0.25) is 11.8 Å². The molecular formula is C31H35N3O7. The molecule has 0 saturated heterocycles. The van der Waals surface area contributed by atoms with Crippen molar-refractivity contribution >= 4 is 29.0 Å². The van der Waals surface area contributed by atoms with E-state index in [1.165, 1.54) is 13.2 Å². The van der Waals surface area contributed by atoms with Crippen LogP contribution in [0.2, 0.25) is 0 Å². The van der Waals surface area contributed by atoms with Gasteiger partial charge >= 0.3 is 0 Å². The molecule has 1 aliphatic carbocycles. The molecule has 1 aromatic heterocycles. The molecule has 0 fully saturated rings. The van der Waals surface area contributed by atoms with E-state index in [0.717, 1.165) is 16.6 Å². The number of nitrogens with one attached hydrogen (secondary N) is 2. The first kappa shape index (κ1) is 28.4. The second-order valence-corrected chi connectivity index (χ2v) is 10.7. The Labute approximate surface area is 237 Å². The van der Waals surface area contributed by atoms with Crippen molar-refractivity contribution in [3.63, 3.8) is 0 Å². The lowest BCUT2D eigenvalue weighted by Crippen LogP contribution is -2.56. The topological polar surface area (TPSA) is 141 Å². The summed E-state index contributed by atoms with van der Waals surface area (Å²) in [6.07, 6.45) is 0.711. The van der Waals surface area contributed by atoms with Crippen LogP contribution in [0.25, 0.3) is 10.9 Å². The van der Waals surface area contributed by atoms with Crippen LogP contribution in [-0.2, 0) is 16.0 Å². The standard InChI is InChI=1S/C31H35N3O7/c1-17(2)31(39)34(10-8-20-14-19-6-4-5-7-23(19)33-20)24-15-22(30(38)32-9-11-35)26-21-12-18(16-36)13-25(40-3)28(21)41-29(26)27(24)37/h4-7,12-17,24,26-27,29,33,35,37H,8-11H2,1-3H3,(H,32,38)/t24-,26+,27+,29+/m1/s1. The van der Waals surface area contributed by atoms with Crippen molar-refractivity contribution in [3.8, 4) is 11.5 Å². The number of fused-ring (bicyclic) bond motifs is 4. The number of aliphatic hydroxyl groups excluding tert-OH is 2. The average Bonchev–Trinajstić information content (AvgIpc) is 3.58. The van der Waals surface area contributed by atoms with Crippen LogP contribution in [0.4, 0.5) is 0 Å². The quantitative estimate of drug-likeness (QED) is 0.279. The maximum Gasteiger partial charge on any atom is 0.247 e. The van der Waals surface area contributed by atoms with Gasteiger partial charge in [-0.2, -0.15) is 0 Å². The Balaban J connectivity index is 1.54. The van der Waals surface area contributed by atoms with Gasteiger partial charge < -0.3 is 34.9 Å². The molecule has 2 amide bonds. The molecule has 10 heteroatoms. The van der Waals surface area contributed by atoms with Gasteiger partial charge in [0.1, 0.15) is 18.5 Å². The molecule has 1 aliphatic heterocycles. The number of H-pyrrole nitrogens is 1. The van der Waals surface area contributed by atoms with Crippen LogP contribution in [0.3, 0.4) is 0 Å². The molecule has 2 aliphatic rings. The number of methoxy groups -OCH3 is 1. The third kappa shape index (κ3) is 5.32. The first-order chi connectivity index (χ1) is 19.8. The number of nitrogens with zero attached hydrogens (tertiary/aromatic N) is 1. The number of para-hydroxylation sites is 1. The van der Waals surface area contributed by atoms with Gasteiger partial charge in [-0.25, -0.2) is 0 Å². The number of aldehydes is 1. The Hall–Kier alpha value is -4.15. The number of ether oxygens (including phenoxy) is 2. The molecule has 0 radical (unpaired) electrons. The van der Waals surface area contributed by atoms with Gasteiger partial charge in [0, 0.05) is 53.3 Å². The van der Waals surface area contributed by atoms with Crippen LogP contribution in [0.5, 0.6) is 11.5 Å². The van der Waals surface area contributed by atoms with E-state index in [-0.39, 0.29) is 37.1 Å². The van der Waals surface area contributed by atoms with Crippen molar-refractivity contribution in [1.29, 1.82) is 0 Å². The van der Waals surface area contributed by atoms with E-state index in [9.17, 15) is 24.6 Å². The maximum absolute atomic E-state index is 13.6. The zero-order valence-electron chi connectivity index (χ0n) is 23.3. The van der Waals surface area contributed by atoms with E-state index in [1.54, 1.807) is 30.9 Å². The van der Waals surface area contributed by atoms with Gasteiger partial charge in [-0.1, -0.05) is 32.0 Å². The molecule has 216 valence electrons. The molecule has 4 atom stereocenters. The highest BCUT2D eigenvalue weighted by atomic mass is 16.5. The van der Waals surface area contributed by atoms with Crippen molar-refractivity contribution in [2.75, 3.05) is 26.8 Å². The van der Waals surface area contributed by atoms with Crippen LogP contribution in [0, 0.1) is 5.92 Å². The summed E-state index contributed by atoms with van der Waals surface area (Å²) in [5.74, 6) is -1.05. The number of benzene rings is 2. The summed E-state index contributed by atoms with van der Waals surface area (Å²) in [6.45, 7) is 3.65. The van der Waals surface area contributed by atoms with E-state index in [2.05, 4.69) is 10.3 Å². The highest BCUT2D eigenvalue weighted by molar-refractivity contribution is 5.96. The number of carbonyl (C=O) groups is 3. The van der Waals surface area contributed by atoms with Crippen molar-refractivity contribution in [1.82, 2.24) is 15.2 Å². The minimum absolute atomic E-state index is 0.0290. The lowest BCUT2D eigenvalue weighted by atomic mass is 9.77. The van der Waals surface area contributed by atoms with Gasteiger partial charge in [0.15, 0.2) is 11.5 Å². The summed E-state index contributed by atoms with van der Waals surface area (Å²) in [7, 11) is 1.45. The Bertz CT molecular complexity index is 1460. The van der Waals surface area contributed by atoms with Crippen molar-refractivity contribution < 1.29 is 34.1 Å². The van der Waals surface area contributed by atoms with E-state index < -0.39 is 30.1 Å². The number of carbonyl (C=O) groups excluding carboxylic acids is 3. The number of aromatic nitrogens is 1. The van der Waals surface area contributed by atoms with Gasteiger partial charge in [-0.15, -0.1) is 0 Å². The van der Waals surface area contributed by atoms with Crippen LogP contribution in [-0.4, -0.2) is 83.3 Å². The predicted octanol–water partition coefficient (Wildman–Crippen LogP) is 2.34. The number of hydrogen-bond donors (Lipinski definition) is 4. The van der Waals surface area contributed by atoms with E-state index in [4.69, 9.17) is 9.47 Å². The van der Waals surface area contributed by atoms with Gasteiger partial charge in [-0.3, -0.25) is 14.4 Å². The maximum atomic E-state index is 13.6. The molecule has 2 aromatic carbocycles. The summed E-state index contributed by atoms with van der Waals surface area (Å²) < 4.78 is 11.7. The third-order valence-corrected chi connectivity index (χ3v) is 7.76. The zero-order chi connectivity index (χ0) is 29.3. The lowest BCUT2D eigenvalue weighted by molar-refractivity contribution is -0.140. The average molecular weight is 562 g/mol. The monoisotopic (exact) mass is 561 g/mol. The number of hydrogen-bond acceptors (Lipinski definition) is 7. The predicted molar refractivity (Wildman–Crippen MR) is 152 cm³/mol. The molecule has 0 bridgehead atoms. The van der Waals surface area contributed by atoms with Crippen LogP contribution in [0.15, 0.2) is 54.1 Å². The molecule has 4 N–H and O–H groups in total. The Morgan fingerprint density at radius 1 is 1.22 bits per heavy atom. The van der Waals surface area contributed by atoms with E-state index in [0.29, 0.717) is 35.3 Å². The molecule has 0 saturated carbocycles. The highest BCUT2D eigenvalue weighted by Gasteiger charge is 2.51. The van der Waals surface area contributed by atoms with Gasteiger partial charge in [0.05, 0.1) is 25.7 Å². The second-order valence-electron chi connectivity index (χ2n) is 10.7. The molecule has 2 heterocycles. The van der Waals surface area contributed by atoms with Crippen LogP contribution < -0.4 is 14.8 Å². The number of rotatable bonds is 10. The Morgan fingerprint density at radius 2 is 2.00 bits per heavy atom. The first-order valence-corrected chi connectivity index (χ1v) is 13.8. The Morgan fingerprint density at radius 3 is 2.68 bits per heavy atom. The molecule has 5 rings (SSSR count). The smallest absolute Gasteiger partial charge is 0.247 e.